The maximum absolute atomic E-state index is 13.0. The molecule has 0 atom stereocenters. The molecule has 1 aliphatic rings. The predicted octanol–water partition coefficient (Wildman–Crippen LogP) is 4.70. The number of thioether (sulfide) groups is 1. The van der Waals surface area contributed by atoms with Gasteiger partial charge in [0.1, 0.15) is 4.32 Å². The molecule has 1 aliphatic heterocycles. The molecule has 152 valence electrons. The second-order valence-corrected chi connectivity index (χ2v) is 8.37. The van der Waals surface area contributed by atoms with Gasteiger partial charge in [0.25, 0.3) is 5.91 Å². The van der Waals surface area contributed by atoms with Crippen LogP contribution in [0.1, 0.15) is 11.1 Å². The van der Waals surface area contributed by atoms with E-state index in [1.54, 1.807) is 25.3 Å². The molecule has 1 amide bonds. The van der Waals surface area contributed by atoms with Gasteiger partial charge in [0.05, 0.1) is 24.6 Å². The van der Waals surface area contributed by atoms with Gasteiger partial charge >= 0.3 is 0 Å². The second-order valence-electron chi connectivity index (χ2n) is 6.69. The quantitative estimate of drug-likeness (QED) is 0.413. The number of aromatic nitrogens is 1. The summed E-state index contributed by atoms with van der Waals surface area (Å²) in [7, 11) is 3.22. The summed E-state index contributed by atoms with van der Waals surface area (Å²) in [6.07, 6.45) is 4.32. The highest BCUT2D eigenvalue weighted by Crippen LogP contribution is 2.34. The molecule has 2 heterocycles. The second kappa shape index (κ2) is 8.85. The zero-order chi connectivity index (χ0) is 21.1. The van der Waals surface area contributed by atoms with Gasteiger partial charge in [-0.15, -0.1) is 0 Å². The number of hydrogen-bond acceptors (Lipinski definition) is 6. The van der Waals surface area contributed by atoms with Crippen LogP contribution in [0.25, 0.3) is 17.0 Å². The standard InChI is InChI=1S/C23H20N2O3S2/c1-27-19-8-7-15(13-20(19)28-2)10-12-25-22(26)21(30-23(25)29)14-16-9-11-24-18-6-4-3-5-17(16)18/h3-9,11,13-14H,10,12H2,1-2H3. The van der Waals surface area contributed by atoms with Crippen molar-refractivity contribution in [2.24, 2.45) is 0 Å². The molecule has 0 unspecified atom stereocenters. The number of ether oxygens (including phenoxy) is 2. The smallest absolute Gasteiger partial charge is 0.266 e. The zero-order valence-corrected chi connectivity index (χ0v) is 18.3. The molecular weight excluding hydrogens is 416 g/mol. The maximum atomic E-state index is 13.0. The number of benzene rings is 2. The van der Waals surface area contributed by atoms with Crippen molar-refractivity contribution >= 4 is 51.2 Å². The minimum atomic E-state index is -0.0635. The average Bonchev–Trinajstić information content (AvgIpc) is 3.04. The zero-order valence-electron chi connectivity index (χ0n) is 16.6. The number of rotatable bonds is 6. The van der Waals surface area contributed by atoms with Gasteiger partial charge < -0.3 is 9.47 Å². The van der Waals surface area contributed by atoms with Crippen molar-refractivity contribution in [3.05, 3.63) is 70.8 Å². The number of nitrogens with zero attached hydrogens (tertiary/aromatic N) is 2. The van der Waals surface area contributed by atoms with E-state index in [1.807, 2.05) is 54.6 Å². The topological polar surface area (TPSA) is 51.7 Å². The summed E-state index contributed by atoms with van der Waals surface area (Å²) in [4.78, 5) is 19.7. The molecule has 3 aromatic rings. The van der Waals surface area contributed by atoms with Gasteiger partial charge in [0.15, 0.2) is 11.5 Å². The predicted molar refractivity (Wildman–Crippen MR) is 125 cm³/mol. The van der Waals surface area contributed by atoms with Crippen LogP contribution in [-0.4, -0.2) is 40.9 Å². The Bertz CT molecular complexity index is 1150. The lowest BCUT2D eigenvalue weighted by atomic mass is 10.1. The normalized spacial score (nSPS) is 15.3. The third-order valence-electron chi connectivity index (χ3n) is 4.91. The molecule has 0 radical (unpaired) electrons. The Morgan fingerprint density at radius 3 is 2.70 bits per heavy atom. The van der Waals surface area contributed by atoms with Crippen molar-refractivity contribution in [2.75, 3.05) is 20.8 Å². The van der Waals surface area contributed by atoms with Crippen molar-refractivity contribution in [1.29, 1.82) is 0 Å². The molecule has 0 spiro atoms. The number of amides is 1. The Hall–Kier alpha value is -2.90. The summed E-state index contributed by atoms with van der Waals surface area (Å²) in [5.41, 5.74) is 2.90. The fourth-order valence-corrected chi connectivity index (χ4v) is 4.65. The third kappa shape index (κ3) is 4.04. The van der Waals surface area contributed by atoms with Gasteiger partial charge in [-0.2, -0.15) is 0 Å². The molecule has 0 aliphatic carbocycles. The number of hydrogen-bond donors (Lipinski definition) is 0. The van der Waals surface area contributed by atoms with Gasteiger partial charge in [-0.3, -0.25) is 14.7 Å². The Kier molecular flexibility index (Phi) is 6.01. The molecule has 0 saturated carbocycles. The van der Waals surface area contributed by atoms with Crippen molar-refractivity contribution in [1.82, 2.24) is 9.88 Å². The van der Waals surface area contributed by atoms with E-state index in [2.05, 4.69) is 4.98 Å². The van der Waals surface area contributed by atoms with E-state index in [4.69, 9.17) is 21.7 Å². The third-order valence-corrected chi connectivity index (χ3v) is 6.29. The Morgan fingerprint density at radius 2 is 1.90 bits per heavy atom. The molecule has 30 heavy (non-hydrogen) atoms. The lowest BCUT2D eigenvalue weighted by molar-refractivity contribution is -0.122. The molecule has 4 rings (SSSR count). The molecule has 0 bridgehead atoms. The van der Waals surface area contributed by atoms with E-state index < -0.39 is 0 Å². The van der Waals surface area contributed by atoms with E-state index in [9.17, 15) is 4.79 Å². The molecule has 2 aromatic carbocycles. The Labute approximate surface area is 184 Å². The van der Waals surface area contributed by atoms with Crippen molar-refractivity contribution < 1.29 is 14.3 Å². The summed E-state index contributed by atoms with van der Waals surface area (Å²) in [5.74, 6) is 1.29. The van der Waals surface area contributed by atoms with Crippen LogP contribution in [0.3, 0.4) is 0 Å². The first kappa shape index (κ1) is 20.4. The SMILES string of the molecule is COc1ccc(CCN2C(=O)C(=Cc3ccnc4ccccc34)SC2=S)cc1OC. The largest absolute Gasteiger partial charge is 0.493 e. The molecule has 1 fully saturated rings. The van der Waals surface area contributed by atoms with Crippen molar-refractivity contribution in [3.8, 4) is 11.5 Å². The highest BCUT2D eigenvalue weighted by molar-refractivity contribution is 8.26. The number of methoxy groups -OCH3 is 2. The first-order valence-electron chi connectivity index (χ1n) is 9.40. The monoisotopic (exact) mass is 436 g/mol. The van der Waals surface area contributed by atoms with Crippen LogP contribution < -0.4 is 9.47 Å². The van der Waals surface area contributed by atoms with Crippen LogP contribution in [0.4, 0.5) is 0 Å². The maximum Gasteiger partial charge on any atom is 0.266 e. The average molecular weight is 437 g/mol. The van der Waals surface area contributed by atoms with Crippen LogP contribution in [0, 0.1) is 0 Å². The van der Waals surface area contributed by atoms with Crippen LogP contribution in [0.2, 0.25) is 0 Å². The van der Waals surface area contributed by atoms with Crippen LogP contribution >= 0.6 is 24.0 Å². The van der Waals surface area contributed by atoms with Crippen molar-refractivity contribution in [3.63, 3.8) is 0 Å². The van der Waals surface area contributed by atoms with Crippen LogP contribution in [0.15, 0.2) is 59.6 Å². The van der Waals surface area contributed by atoms with Crippen LogP contribution in [0.5, 0.6) is 11.5 Å². The summed E-state index contributed by atoms with van der Waals surface area (Å²) >= 11 is 6.82. The molecule has 0 N–H and O–H groups in total. The van der Waals surface area contributed by atoms with Gasteiger partial charge in [-0.25, -0.2) is 0 Å². The number of carbonyl (C=O) groups excluding carboxylic acids is 1. The summed E-state index contributed by atoms with van der Waals surface area (Å²) in [6.45, 7) is 0.509. The summed E-state index contributed by atoms with van der Waals surface area (Å²) in [6, 6.07) is 15.6. The summed E-state index contributed by atoms with van der Waals surface area (Å²) in [5, 5.41) is 1.01. The Balaban J connectivity index is 1.52. The number of thiocarbonyl (C=S) groups is 1. The highest BCUT2D eigenvalue weighted by atomic mass is 32.2. The minimum Gasteiger partial charge on any atom is -0.493 e. The first-order valence-corrected chi connectivity index (χ1v) is 10.6. The molecule has 1 saturated heterocycles. The summed E-state index contributed by atoms with van der Waals surface area (Å²) < 4.78 is 11.2. The highest BCUT2D eigenvalue weighted by Gasteiger charge is 2.31. The van der Waals surface area contributed by atoms with Crippen molar-refractivity contribution in [2.45, 2.75) is 6.42 Å². The number of pyridine rings is 1. The lowest BCUT2D eigenvalue weighted by Gasteiger charge is -2.15. The van der Waals surface area contributed by atoms with Gasteiger partial charge in [0, 0.05) is 18.1 Å². The number of carbonyl (C=O) groups is 1. The van der Waals surface area contributed by atoms with E-state index in [0.29, 0.717) is 33.7 Å². The molecule has 7 heteroatoms. The fourth-order valence-electron chi connectivity index (χ4n) is 3.35. The van der Waals surface area contributed by atoms with Gasteiger partial charge in [0.2, 0.25) is 0 Å². The van der Waals surface area contributed by atoms with E-state index in [0.717, 1.165) is 22.0 Å². The molecule has 5 nitrogen and oxygen atoms in total. The van der Waals surface area contributed by atoms with E-state index >= 15 is 0 Å². The van der Waals surface area contributed by atoms with E-state index in [1.165, 1.54) is 11.8 Å². The minimum absolute atomic E-state index is 0.0635. The molecular formula is C23H20N2O3S2. The van der Waals surface area contributed by atoms with Gasteiger partial charge in [-0.05, 0) is 47.9 Å². The fraction of sp³-hybridized carbons (Fsp3) is 0.174. The lowest BCUT2D eigenvalue weighted by Crippen LogP contribution is -2.30. The Morgan fingerprint density at radius 1 is 1.10 bits per heavy atom. The van der Waals surface area contributed by atoms with Crippen LogP contribution in [-0.2, 0) is 11.2 Å². The first-order chi connectivity index (χ1) is 14.6. The van der Waals surface area contributed by atoms with E-state index in [-0.39, 0.29) is 5.91 Å². The number of para-hydroxylation sites is 1. The number of fused-ring (bicyclic) bond motifs is 1. The van der Waals surface area contributed by atoms with Gasteiger partial charge in [-0.1, -0.05) is 48.2 Å². The molecule has 1 aromatic heterocycles.